The Hall–Kier alpha value is -1.44. The summed E-state index contributed by atoms with van der Waals surface area (Å²) in [6.07, 6.45) is -0.973. The monoisotopic (exact) mass is 479 g/mol. The average Bonchev–Trinajstić information content (AvgIpc) is 2.63. The fourth-order valence-electron chi connectivity index (χ4n) is 2.19. The third kappa shape index (κ3) is 7.18. The van der Waals surface area contributed by atoms with Gasteiger partial charge < -0.3 is 20.7 Å². The van der Waals surface area contributed by atoms with Crippen LogP contribution in [0.1, 0.15) is 5.56 Å². The van der Waals surface area contributed by atoms with Crippen LogP contribution in [0.4, 0.5) is 5.69 Å². The topological polar surface area (TPSA) is 62.4 Å². The maximum absolute atomic E-state index is 12.4. The zero-order valence-electron chi connectivity index (χ0n) is 14.6. The number of amides is 1. The number of anilines is 1. The van der Waals surface area contributed by atoms with Crippen molar-refractivity contribution in [3.8, 4) is 5.75 Å². The molecule has 0 aromatic heterocycles. The van der Waals surface area contributed by atoms with Crippen molar-refractivity contribution in [2.45, 2.75) is 16.4 Å². The Morgan fingerprint density at radius 1 is 1.11 bits per heavy atom. The third-order valence-electron chi connectivity index (χ3n) is 3.55. The molecule has 2 aromatic rings. The van der Waals surface area contributed by atoms with Gasteiger partial charge in [-0.3, -0.25) is 4.79 Å². The second-order valence-corrected chi connectivity index (χ2v) is 8.83. The predicted molar refractivity (Wildman–Crippen MR) is 120 cm³/mol. The van der Waals surface area contributed by atoms with Gasteiger partial charge in [0.05, 0.1) is 24.2 Å². The maximum Gasteiger partial charge on any atom is 0.228 e. The van der Waals surface area contributed by atoms with E-state index >= 15 is 0 Å². The minimum Gasteiger partial charge on any atom is -0.497 e. The molecule has 2 aromatic carbocycles. The van der Waals surface area contributed by atoms with Gasteiger partial charge >= 0.3 is 0 Å². The standard InChI is InChI=1S/C18H17Cl4N3O2S/c1-27-12-8-6-11(7-9-12)10-15(26)24-16(18(20,21)22)25-17(28)23-14-5-3-2-4-13(14)19/h2-9,16H,10H2,1H3,(H,24,26)(H2,23,25,28). The van der Waals surface area contributed by atoms with Crippen molar-refractivity contribution in [2.24, 2.45) is 0 Å². The van der Waals surface area contributed by atoms with Crippen molar-refractivity contribution < 1.29 is 9.53 Å². The summed E-state index contributed by atoms with van der Waals surface area (Å²) in [6, 6.07) is 14.1. The molecule has 150 valence electrons. The highest BCUT2D eigenvalue weighted by Crippen LogP contribution is 2.29. The molecular formula is C18H17Cl4N3O2S. The number of benzene rings is 2. The molecule has 3 N–H and O–H groups in total. The number of hydrogen-bond acceptors (Lipinski definition) is 3. The molecular weight excluding hydrogens is 464 g/mol. The summed E-state index contributed by atoms with van der Waals surface area (Å²) in [7, 11) is 1.57. The van der Waals surface area contributed by atoms with Crippen molar-refractivity contribution in [2.75, 3.05) is 12.4 Å². The highest BCUT2D eigenvalue weighted by molar-refractivity contribution is 7.80. The number of carbonyl (C=O) groups excluding carboxylic acids is 1. The summed E-state index contributed by atoms with van der Waals surface area (Å²) in [6.45, 7) is 0. The third-order valence-corrected chi connectivity index (χ3v) is 4.76. The van der Waals surface area contributed by atoms with Gasteiger partial charge in [0.1, 0.15) is 11.9 Å². The highest BCUT2D eigenvalue weighted by Gasteiger charge is 2.34. The number of nitrogens with one attached hydrogen (secondary N) is 3. The van der Waals surface area contributed by atoms with Crippen LogP contribution in [-0.2, 0) is 11.2 Å². The van der Waals surface area contributed by atoms with E-state index in [2.05, 4.69) is 16.0 Å². The van der Waals surface area contributed by atoms with E-state index in [1.165, 1.54) is 0 Å². The Morgan fingerprint density at radius 3 is 2.32 bits per heavy atom. The molecule has 0 heterocycles. The summed E-state index contributed by atoms with van der Waals surface area (Å²) in [5.74, 6) is 0.343. The van der Waals surface area contributed by atoms with Crippen LogP contribution in [0.3, 0.4) is 0 Å². The van der Waals surface area contributed by atoms with Crippen LogP contribution in [0.2, 0.25) is 5.02 Å². The number of para-hydroxylation sites is 1. The van der Waals surface area contributed by atoms with Gasteiger partial charge in [-0.1, -0.05) is 70.7 Å². The summed E-state index contributed by atoms with van der Waals surface area (Å²) in [4.78, 5) is 12.4. The minimum absolute atomic E-state index is 0.0909. The second kappa shape index (κ2) is 10.4. The van der Waals surface area contributed by atoms with Crippen LogP contribution in [0.15, 0.2) is 48.5 Å². The van der Waals surface area contributed by atoms with Crippen LogP contribution in [0, 0.1) is 0 Å². The number of hydrogen-bond donors (Lipinski definition) is 3. The molecule has 0 aliphatic carbocycles. The van der Waals surface area contributed by atoms with Crippen molar-refractivity contribution in [1.29, 1.82) is 0 Å². The second-order valence-electron chi connectivity index (χ2n) is 5.65. The molecule has 0 aliphatic heterocycles. The van der Waals surface area contributed by atoms with Crippen LogP contribution in [0.5, 0.6) is 5.75 Å². The molecule has 2 rings (SSSR count). The van der Waals surface area contributed by atoms with E-state index in [1.807, 2.05) is 0 Å². The number of carbonyl (C=O) groups is 1. The Kier molecular flexibility index (Phi) is 8.46. The van der Waals surface area contributed by atoms with Crippen molar-refractivity contribution >= 4 is 75.3 Å². The van der Waals surface area contributed by atoms with Gasteiger partial charge in [0.25, 0.3) is 0 Å². The molecule has 0 saturated heterocycles. The lowest BCUT2D eigenvalue weighted by molar-refractivity contribution is -0.121. The lowest BCUT2D eigenvalue weighted by Crippen LogP contribution is -2.56. The Balaban J connectivity index is 1.99. The van der Waals surface area contributed by atoms with Crippen LogP contribution < -0.4 is 20.7 Å². The first-order chi connectivity index (χ1) is 13.2. The molecule has 10 heteroatoms. The molecule has 1 unspecified atom stereocenters. The molecule has 5 nitrogen and oxygen atoms in total. The average molecular weight is 481 g/mol. The van der Waals surface area contributed by atoms with E-state index in [-0.39, 0.29) is 17.4 Å². The summed E-state index contributed by atoms with van der Waals surface area (Å²) >= 11 is 29.3. The fraction of sp³-hybridized carbons (Fsp3) is 0.222. The molecule has 0 bridgehead atoms. The van der Waals surface area contributed by atoms with Gasteiger partial charge in [0, 0.05) is 0 Å². The Morgan fingerprint density at radius 2 is 1.75 bits per heavy atom. The van der Waals surface area contributed by atoms with Crippen molar-refractivity contribution in [3.63, 3.8) is 0 Å². The van der Waals surface area contributed by atoms with E-state index in [4.69, 9.17) is 63.4 Å². The zero-order chi connectivity index (χ0) is 20.7. The smallest absolute Gasteiger partial charge is 0.228 e. The molecule has 0 fully saturated rings. The molecule has 28 heavy (non-hydrogen) atoms. The maximum atomic E-state index is 12.4. The molecule has 1 atom stereocenters. The Labute approximate surface area is 188 Å². The van der Waals surface area contributed by atoms with Gasteiger partial charge in [-0.15, -0.1) is 0 Å². The largest absolute Gasteiger partial charge is 0.497 e. The van der Waals surface area contributed by atoms with Crippen molar-refractivity contribution in [3.05, 3.63) is 59.1 Å². The number of alkyl halides is 3. The van der Waals surface area contributed by atoms with Crippen LogP contribution in [0.25, 0.3) is 0 Å². The first-order valence-corrected chi connectivity index (χ1v) is 9.92. The minimum atomic E-state index is -1.85. The number of methoxy groups -OCH3 is 1. The van der Waals surface area contributed by atoms with Crippen molar-refractivity contribution in [1.82, 2.24) is 10.6 Å². The first kappa shape index (κ1) is 22.8. The van der Waals surface area contributed by atoms with E-state index in [1.54, 1.807) is 55.6 Å². The highest BCUT2D eigenvalue weighted by atomic mass is 35.6. The SMILES string of the molecule is COc1ccc(CC(=O)NC(NC(=S)Nc2ccccc2Cl)C(Cl)(Cl)Cl)cc1. The van der Waals surface area contributed by atoms with Gasteiger partial charge in [0.2, 0.25) is 9.70 Å². The van der Waals surface area contributed by atoms with E-state index < -0.39 is 9.96 Å². The van der Waals surface area contributed by atoms with Crippen LogP contribution in [-0.4, -0.2) is 28.1 Å². The summed E-state index contributed by atoms with van der Waals surface area (Å²) in [5, 5.41) is 8.91. The van der Waals surface area contributed by atoms with Crippen LogP contribution >= 0.6 is 58.6 Å². The van der Waals surface area contributed by atoms with Gasteiger partial charge in [-0.25, -0.2) is 0 Å². The van der Waals surface area contributed by atoms with E-state index in [0.717, 1.165) is 5.56 Å². The molecule has 0 saturated carbocycles. The molecule has 1 amide bonds. The normalized spacial score (nSPS) is 12.0. The molecule has 0 radical (unpaired) electrons. The lowest BCUT2D eigenvalue weighted by atomic mass is 10.1. The van der Waals surface area contributed by atoms with Gasteiger partial charge in [0.15, 0.2) is 5.11 Å². The summed E-state index contributed by atoms with van der Waals surface area (Å²) < 4.78 is 3.25. The fourth-order valence-corrected chi connectivity index (χ4v) is 2.93. The predicted octanol–water partition coefficient (Wildman–Crippen LogP) is 4.69. The quantitative estimate of drug-likeness (QED) is 0.318. The Bertz CT molecular complexity index is 828. The van der Waals surface area contributed by atoms with E-state index in [0.29, 0.717) is 16.5 Å². The van der Waals surface area contributed by atoms with E-state index in [9.17, 15) is 4.79 Å². The zero-order valence-corrected chi connectivity index (χ0v) is 18.5. The van der Waals surface area contributed by atoms with Gasteiger partial charge in [-0.2, -0.15) is 0 Å². The number of rotatable bonds is 6. The number of thiocarbonyl (C=S) groups is 1. The van der Waals surface area contributed by atoms with Gasteiger partial charge in [-0.05, 0) is 42.0 Å². The summed E-state index contributed by atoms with van der Waals surface area (Å²) in [5.41, 5.74) is 1.35. The molecule has 0 aliphatic rings. The lowest BCUT2D eigenvalue weighted by Gasteiger charge is -2.28. The first-order valence-electron chi connectivity index (χ1n) is 8.00. The molecule has 0 spiro atoms. The number of halogens is 4. The number of ether oxygens (including phenoxy) is 1.